The smallest absolute Gasteiger partial charge is 0.288 e. The molecular formula is C10H9NO2S. The van der Waals surface area contributed by atoms with Crippen molar-refractivity contribution in [3.63, 3.8) is 0 Å². The molecule has 1 aromatic carbocycles. The normalized spacial score (nSPS) is 11.5. The fourth-order valence-electron chi connectivity index (χ4n) is 1.11. The fourth-order valence-corrected chi connectivity index (χ4v) is 1.20. The molecule has 1 unspecified atom stereocenters. The van der Waals surface area contributed by atoms with Crippen molar-refractivity contribution in [2.24, 2.45) is 4.99 Å². The van der Waals surface area contributed by atoms with Gasteiger partial charge in [-0.3, -0.25) is 4.79 Å². The van der Waals surface area contributed by atoms with Gasteiger partial charge in [0.2, 0.25) is 0 Å². The van der Waals surface area contributed by atoms with Crippen LogP contribution >= 0.6 is 12.2 Å². The lowest BCUT2D eigenvalue weighted by atomic mass is 10.1. The van der Waals surface area contributed by atoms with E-state index in [0.717, 1.165) is 5.56 Å². The van der Waals surface area contributed by atoms with E-state index in [1.807, 2.05) is 23.4 Å². The highest BCUT2D eigenvalue weighted by Gasteiger charge is 2.18. The minimum atomic E-state index is -0.688. The number of nitrogens with zero attached hydrogens (tertiary/aromatic N) is 1. The van der Waals surface area contributed by atoms with Gasteiger partial charge in [-0.1, -0.05) is 30.3 Å². The second kappa shape index (κ2) is 5.40. The SMILES string of the molecule is COC(C(=O)N=C=S)c1ccccc1. The van der Waals surface area contributed by atoms with Crippen molar-refractivity contribution in [1.29, 1.82) is 0 Å². The second-order valence-corrected chi connectivity index (χ2v) is 2.75. The molecule has 1 amide bonds. The lowest BCUT2D eigenvalue weighted by molar-refractivity contribution is -0.127. The number of methoxy groups -OCH3 is 1. The highest BCUT2D eigenvalue weighted by Crippen LogP contribution is 2.17. The molecule has 0 fully saturated rings. The van der Waals surface area contributed by atoms with Gasteiger partial charge >= 0.3 is 0 Å². The Kier molecular flexibility index (Phi) is 4.13. The maximum atomic E-state index is 11.4. The number of benzene rings is 1. The summed E-state index contributed by atoms with van der Waals surface area (Å²) in [5.74, 6) is -0.436. The first-order valence-corrected chi connectivity index (χ1v) is 4.40. The van der Waals surface area contributed by atoms with Gasteiger partial charge in [0.05, 0.1) is 5.16 Å². The number of hydrogen-bond acceptors (Lipinski definition) is 3. The van der Waals surface area contributed by atoms with E-state index in [4.69, 9.17) is 4.74 Å². The maximum absolute atomic E-state index is 11.4. The molecule has 1 rings (SSSR count). The van der Waals surface area contributed by atoms with Crippen LogP contribution in [-0.2, 0) is 9.53 Å². The van der Waals surface area contributed by atoms with E-state index in [-0.39, 0.29) is 0 Å². The summed E-state index contributed by atoms with van der Waals surface area (Å²) in [7, 11) is 1.45. The number of isothiocyanates is 1. The van der Waals surface area contributed by atoms with Crippen molar-refractivity contribution >= 4 is 23.3 Å². The molecular weight excluding hydrogens is 198 g/mol. The molecule has 0 aliphatic rings. The highest BCUT2D eigenvalue weighted by atomic mass is 32.1. The van der Waals surface area contributed by atoms with E-state index in [2.05, 4.69) is 17.2 Å². The highest BCUT2D eigenvalue weighted by molar-refractivity contribution is 7.78. The van der Waals surface area contributed by atoms with Crippen molar-refractivity contribution in [2.45, 2.75) is 6.10 Å². The molecule has 3 nitrogen and oxygen atoms in total. The van der Waals surface area contributed by atoms with Crippen LogP contribution in [0.5, 0.6) is 0 Å². The van der Waals surface area contributed by atoms with Crippen LogP contribution in [0.3, 0.4) is 0 Å². The average molecular weight is 207 g/mol. The molecule has 0 saturated carbocycles. The third kappa shape index (κ3) is 2.57. The average Bonchev–Trinajstić information content (AvgIpc) is 2.21. The van der Waals surface area contributed by atoms with Crippen molar-refractivity contribution in [1.82, 2.24) is 0 Å². The van der Waals surface area contributed by atoms with Crippen molar-refractivity contribution < 1.29 is 9.53 Å². The monoisotopic (exact) mass is 207 g/mol. The lowest BCUT2D eigenvalue weighted by Crippen LogP contribution is -2.11. The molecule has 0 saturated heterocycles. The summed E-state index contributed by atoms with van der Waals surface area (Å²) in [6, 6.07) is 9.12. The second-order valence-electron chi connectivity index (χ2n) is 2.57. The first-order chi connectivity index (χ1) is 6.79. The van der Waals surface area contributed by atoms with Crippen LogP contribution in [0.1, 0.15) is 11.7 Å². The Labute approximate surface area is 87.4 Å². The molecule has 0 heterocycles. The van der Waals surface area contributed by atoms with Gasteiger partial charge in [0.15, 0.2) is 6.10 Å². The minimum absolute atomic E-state index is 0.436. The maximum Gasteiger partial charge on any atom is 0.288 e. The summed E-state index contributed by atoms with van der Waals surface area (Å²) in [6.07, 6.45) is -0.688. The van der Waals surface area contributed by atoms with Crippen molar-refractivity contribution in [3.8, 4) is 0 Å². The first kappa shape index (κ1) is 10.7. The van der Waals surface area contributed by atoms with Gasteiger partial charge in [-0.2, -0.15) is 4.99 Å². The van der Waals surface area contributed by atoms with E-state index < -0.39 is 12.0 Å². The number of carbonyl (C=O) groups is 1. The zero-order valence-electron chi connectivity index (χ0n) is 7.64. The topological polar surface area (TPSA) is 38.7 Å². The van der Waals surface area contributed by atoms with Crippen LogP contribution in [0.2, 0.25) is 0 Å². The summed E-state index contributed by atoms with van der Waals surface area (Å²) in [5, 5.41) is 2.03. The van der Waals surface area contributed by atoms with Crippen molar-refractivity contribution in [2.75, 3.05) is 7.11 Å². The standard InChI is InChI=1S/C10H9NO2S/c1-13-9(10(12)11-7-14)8-5-3-2-4-6-8/h2-6,9H,1H3. The Balaban J connectivity index is 2.93. The van der Waals surface area contributed by atoms with Crippen LogP contribution in [0.15, 0.2) is 35.3 Å². The Morgan fingerprint density at radius 3 is 2.64 bits per heavy atom. The zero-order chi connectivity index (χ0) is 10.4. The van der Waals surface area contributed by atoms with E-state index in [1.165, 1.54) is 7.11 Å². The molecule has 14 heavy (non-hydrogen) atoms. The largest absolute Gasteiger partial charge is 0.367 e. The molecule has 4 heteroatoms. The number of rotatable bonds is 3. The molecule has 1 aromatic rings. The first-order valence-electron chi connectivity index (χ1n) is 3.99. The number of carbonyl (C=O) groups excluding carboxylic acids is 1. The third-order valence-corrected chi connectivity index (χ3v) is 1.81. The van der Waals surface area contributed by atoms with Gasteiger partial charge in [-0.25, -0.2) is 0 Å². The summed E-state index contributed by atoms with van der Waals surface area (Å²) in [4.78, 5) is 14.7. The van der Waals surface area contributed by atoms with Gasteiger partial charge in [-0.05, 0) is 17.8 Å². The molecule has 0 radical (unpaired) electrons. The number of ether oxygens (including phenoxy) is 1. The van der Waals surface area contributed by atoms with Crippen LogP contribution in [0, 0.1) is 0 Å². The molecule has 0 aliphatic heterocycles. The predicted molar refractivity (Wildman–Crippen MR) is 56.2 cm³/mol. The van der Waals surface area contributed by atoms with Crippen LogP contribution in [-0.4, -0.2) is 18.2 Å². The molecule has 72 valence electrons. The summed E-state index contributed by atoms with van der Waals surface area (Å²) >= 11 is 4.35. The third-order valence-electron chi connectivity index (χ3n) is 1.72. The quantitative estimate of drug-likeness (QED) is 0.562. The van der Waals surface area contributed by atoms with Crippen LogP contribution in [0.4, 0.5) is 0 Å². The Morgan fingerprint density at radius 2 is 2.14 bits per heavy atom. The summed E-state index contributed by atoms with van der Waals surface area (Å²) < 4.78 is 5.02. The molecule has 0 aliphatic carbocycles. The molecule has 0 spiro atoms. The fraction of sp³-hybridized carbons (Fsp3) is 0.200. The molecule has 0 aromatic heterocycles. The van der Waals surface area contributed by atoms with Crippen LogP contribution in [0.25, 0.3) is 0 Å². The number of hydrogen-bond donors (Lipinski definition) is 0. The number of thiocarbonyl (C=S) groups is 1. The van der Waals surface area contributed by atoms with E-state index >= 15 is 0 Å². The zero-order valence-corrected chi connectivity index (χ0v) is 8.45. The van der Waals surface area contributed by atoms with Crippen LogP contribution < -0.4 is 0 Å². The number of aliphatic imine (C=N–C) groups is 1. The Bertz CT molecular complexity index is 358. The van der Waals surface area contributed by atoms with Crippen molar-refractivity contribution in [3.05, 3.63) is 35.9 Å². The van der Waals surface area contributed by atoms with Gasteiger partial charge in [0.1, 0.15) is 0 Å². The minimum Gasteiger partial charge on any atom is -0.367 e. The van der Waals surface area contributed by atoms with Gasteiger partial charge in [-0.15, -0.1) is 0 Å². The summed E-state index contributed by atoms with van der Waals surface area (Å²) in [5.41, 5.74) is 0.758. The lowest BCUT2D eigenvalue weighted by Gasteiger charge is -2.10. The Hall–Kier alpha value is -1.35. The van der Waals surface area contributed by atoms with E-state index in [0.29, 0.717) is 0 Å². The molecule has 1 atom stereocenters. The van der Waals surface area contributed by atoms with E-state index in [1.54, 1.807) is 12.1 Å². The number of amides is 1. The molecule has 0 N–H and O–H groups in total. The summed E-state index contributed by atoms with van der Waals surface area (Å²) in [6.45, 7) is 0. The van der Waals surface area contributed by atoms with Gasteiger partial charge < -0.3 is 4.74 Å². The van der Waals surface area contributed by atoms with Gasteiger partial charge in [0.25, 0.3) is 5.91 Å². The molecule has 0 bridgehead atoms. The predicted octanol–water partition coefficient (Wildman–Crippen LogP) is 2.00. The Morgan fingerprint density at radius 1 is 1.50 bits per heavy atom. The van der Waals surface area contributed by atoms with Gasteiger partial charge in [0, 0.05) is 7.11 Å². The van der Waals surface area contributed by atoms with E-state index in [9.17, 15) is 4.79 Å².